The normalized spacial score (nSPS) is 14.6. The molecule has 0 saturated carbocycles. The summed E-state index contributed by atoms with van der Waals surface area (Å²) >= 11 is 0. The van der Waals surface area contributed by atoms with Crippen molar-refractivity contribution in [1.82, 2.24) is 0 Å². The van der Waals surface area contributed by atoms with Gasteiger partial charge in [-0.2, -0.15) is 0 Å². The first-order valence-corrected chi connectivity index (χ1v) is 5.14. The van der Waals surface area contributed by atoms with Crippen LogP contribution in [0.2, 0.25) is 0 Å². The number of nitrogens with one attached hydrogen (secondary N) is 1. The Kier molecular flexibility index (Phi) is 2.77. The van der Waals surface area contributed by atoms with Crippen LogP contribution in [0.5, 0.6) is 0 Å². The van der Waals surface area contributed by atoms with E-state index < -0.39 is 5.97 Å². The first-order valence-electron chi connectivity index (χ1n) is 5.14. The maximum Gasteiger partial charge on any atom is 0.328 e. The summed E-state index contributed by atoms with van der Waals surface area (Å²) in [6.07, 6.45) is 4.60. The van der Waals surface area contributed by atoms with Crippen LogP contribution in [0.25, 0.3) is 6.08 Å². The van der Waals surface area contributed by atoms with E-state index in [1.165, 1.54) is 6.08 Å². The minimum Gasteiger partial charge on any atom is -0.478 e. The number of carbonyl (C=O) groups is 1. The quantitative estimate of drug-likeness (QED) is 0.745. The van der Waals surface area contributed by atoms with Gasteiger partial charge in [0.1, 0.15) is 0 Å². The third-order valence-corrected chi connectivity index (χ3v) is 2.61. The Balaban J connectivity index is 2.37. The second-order valence-corrected chi connectivity index (χ2v) is 3.77. The molecule has 0 amide bonds. The first-order chi connectivity index (χ1) is 7.66. The van der Waals surface area contributed by atoms with Crippen molar-refractivity contribution in [3.05, 3.63) is 47.7 Å². The van der Waals surface area contributed by atoms with Gasteiger partial charge in [-0.05, 0) is 36.1 Å². The summed E-state index contributed by atoms with van der Waals surface area (Å²) in [6, 6.07) is 5.82. The molecule has 2 N–H and O–H groups in total. The average molecular weight is 215 g/mol. The van der Waals surface area contributed by atoms with E-state index in [1.54, 1.807) is 6.08 Å². The van der Waals surface area contributed by atoms with E-state index in [0.29, 0.717) is 0 Å². The summed E-state index contributed by atoms with van der Waals surface area (Å²) in [7, 11) is 0. The molecule has 0 aliphatic carbocycles. The van der Waals surface area contributed by atoms with Crippen LogP contribution in [0.4, 0.5) is 5.69 Å². The fourth-order valence-electron chi connectivity index (χ4n) is 1.85. The van der Waals surface area contributed by atoms with Crippen LogP contribution in [0, 0.1) is 0 Å². The van der Waals surface area contributed by atoms with E-state index in [0.717, 1.165) is 35.4 Å². The largest absolute Gasteiger partial charge is 0.478 e. The highest BCUT2D eigenvalue weighted by Crippen LogP contribution is 2.29. The minimum atomic E-state index is -0.925. The number of hydrogen-bond acceptors (Lipinski definition) is 2. The molecule has 1 aromatic rings. The number of anilines is 1. The summed E-state index contributed by atoms with van der Waals surface area (Å²) in [5.41, 5.74) is 4.16. The third kappa shape index (κ3) is 2.14. The summed E-state index contributed by atoms with van der Waals surface area (Å²) in [5, 5.41) is 11.8. The molecule has 2 rings (SSSR count). The molecule has 0 aromatic heterocycles. The molecule has 1 aliphatic rings. The molecule has 3 nitrogen and oxygen atoms in total. The topological polar surface area (TPSA) is 49.3 Å². The van der Waals surface area contributed by atoms with E-state index in [-0.39, 0.29) is 0 Å². The van der Waals surface area contributed by atoms with Gasteiger partial charge >= 0.3 is 5.97 Å². The predicted octanol–water partition coefficient (Wildman–Crippen LogP) is 2.66. The molecular weight excluding hydrogens is 202 g/mol. The van der Waals surface area contributed by atoms with Crippen molar-refractivity contribution in [3.8, 4) is 0 Å². The number of carboxylic acid groups (broad SMARTS) is 1. The number of carboxylic acids is 1. The number of fused-ring (bicyclic) bond motifs is 1. The van der Waals surface area contributed by atoms with Gasteiger partial charge in [0.05, 0.1) is 0 Å². The number of aliphatic carboxylic acids is 1. The lowest BCUT2D eigenvalue weighted by atomic mass is 9.96. The Bertz CT molecular complexity index is 475. The lowest BCUT2D eigenvalue weighted by molar-refractivity contribution is -0.131. The van der Waals surface area contributed by atoms with Crippen LogP contribution in [0.1, 0.15) is 17.5 Å². The lowest BCUT2D eigenvalue weighted by Crippen LogP contribution is -2.10. The molecule has 0 fully saturated rings. The Morgan fingerprint density at radius 1 is 1.44 bits per heavy atom. The van der Waals surface area contributed by atoms with Gasteiger partial charge in [0.2, 0.25) is 0 Å². The predicted molar refractivity (Wildman–Crippen MR) is 64.2 cm³/mol. The Hall–Kier alpha value is -2.03. The number of benzene rings is 1. The van der Waals surface area contributed by atoms with E-state index in [9.17, 15) is 4.79 Å². The van der Waals surface area contributed by atoms with Crippen molar-refractivity contribution in [1.29, 1.82) is 0 Å². The van der Waals surface area contributed by atoms with Crippen LogP contribution in [0.15, 0.2) is 36.6 Å². The maximum atomic E-state index is 10.5. The highest BCUT2D eigenvalue weighted by Gasteiger charge is 2.12. The summed E-state index contributed by atoms with van der Waals surface area (Å²) in [5.74, 6) is -0.925. The van der Waals surface area contributed by atoms with Crippen molar-refractivity contribution in [2.24, 2.45) is 0 Å². The van der Waals surface area contributed by atoms with Gasteiger partial charge in [0.25, 0.3) is 0 Å². The van der Waals surface area contributed by atoms with Gasteiger partial charge in [-0.3, -0.25) is 0 Å². The van der Waals surface area contributed by atoms with Crippen molar-refractivity contribution in [2.75, 3.05) is 5.32 Å². The minimum absolute atomic E-state index is 0.894. The zero-order valence-electron chi connectivity index (χ0n) is 8.86. The highest BCUT2D eigenvalue weighted by molar-refractivity contribution is 5.86. The Labute approximate surface area is 94.1 Å². The monoisotopic (exact) mass is 215 g/mol. The van der Waals surface area contributed by atoms with Gasteiger partial charge in [0, 0.05) is 17.5 Å². The molecule has 0 radical (unpaired) electrons. The van der Waals surface area contributed by atoms with Crippen molar-refractivity contribution < 1.29 is 9.90 Å². The molecule has 82 valence electrons. The lowest BCUT2D eigenvalue weighted by Gasteiger charge is -2.21. The van der Waals surface area contributed by atoms with E-state index >= 15 is 0 Å². The number of hydrogen-bond donors (Lipinski definition) is 2. The second kappa shape index (κ2) is 4.23. The van der Waals surface area contributed by atoms with Crippen molar-refractivity contribution in [3.63, 3.8) is 0 Å². The molecule has 16 heavy (non-hydrogen) atoms. The van der Waals surface area contributed by atoms with Crippen LogP contribution in [0.3, 0.4) is 0 Å². The molecular formula is C13H13NO2. The molecule has 0 saturated heterocycles. The molecule has 1 aliphatic heterocycles. The third-order valence-electron chi connectivity index (χ3n) is 2.61. The van der Waals surface area contributed by atoms with E-state index in [1.807, 2.05) is 18.2 Å². The van der Waals surface area contributed by atoms with Crippen LogP contribution in [-0.2, 0) is 11.2 Å². The molecule has 0 atom stereocenters. The zero-order valence-corrected chi connectivity index (χ0v) is 8.86. The molecule has 0 unspecified atom stereocenters. The van der Waals surface area contributed by atoms with E-state index in [4.69, 9.17) is 5.11 Å². The van der Waals surface area contributed by atoms with Gasteiger partial charge < -0.3 is 10.4 Å². The van der Waals surface area contributed by atoms with Gasteiger partial charge in [-0.1, -0.05) is 18.7 Å². The average Bonchev–Trinajstić information content (AvgIpc) is 2.25. The highest BCUT2D eigenvalue weighted by atomic mass is 16.4. The van der Waals surface area contributed by atoms with Crippen molar-refractivity contribution >= 4 is 17.7 Å². The molecule has 3 heteroatoms. The fraction of sp³-hybridized carbons (Fsp3) is 0.154. The van der Waals surface area contributed by atoms with Gasteiger partial charge in [-0.25, -0.2) is 4.79 Å². The number of allylic oxidation sites excluding steroid dienone is 1. The molecule has 1 aromatic carbocycles. The number of rotatable bonds is 2. The molecule has 0 spiro atoms. The standard InChI is InChI=1S/C13H13NO2/c1-9-5-7-11-10(6-8-13(15)16)3-2-4-12(11)14-9/h2-4,6,8,14H,1,5,7H2,(H,15,16)/b8-6+. The fourth-order valence-corrected chi connectivity index (χ4v) is 1.85. The Morgan fingerprint density at radius 3 is 3.00 bits per heavy atom. The summed E-state index contributed by atoms with van der Waals surface area (Å²) in [6.45, 7) is 3.89. The van der Waals surface area contributed by atoms with Crippen molar-refractivity contribution in [2.45, 2.75) is 12.8 Å². The summed E-state index contributed by atoms with van der Waals surface area (Å²) < 4.78 is 0. The van der Waals surface area contributed by atoms with Crippen LogP contribution >= 0.6 is 0 Å². The van der Waals surface area contributed by atoms with E-state index in [2.05, 4.69) is 11.9 Å². The van der Waals surface area contributed by atoms with Crippen LogP contribution < -0.4 is 5.32 Å². The smallest absolute Gasteiger partial charge is 0.328 e. The van der Waals surface area contributed by atoms with Crippen LogP contribution in [-0.4, -0.2) is 11.1 Å². The molecule has 0 bridgehead atoms. The Morgan fingerprint density at radius 2 is 2.25 bits per heavy atom. The van der Waals surface area contributed by atoms with Gasteiger partial charge in [0.15, 0.2) is 0 Å². The first kappa shape index (κ1) is 10.5. The zero-order chi connectivity index (χ0) is 11.5. The SMILES string of the molecule is C=C1CCc2c(/C=C/C(=O)O)cccc2N1. The van der Waals surface area contributed by atoms with Gasteiger partial charge in [-0.15, -0.1) is 0 Å². The molecule has 1 heterocycles. The summed E-state index contributed by atoms with van der Waals surface area (Å²) in [4.78, 5) is 10.5. The maximum absolute atomic E-state index is 10.5. The second-order valence-electron chi connectivity index (χ2n) is 3.77.